The van der Waals surface area contributed by atoms with Gasteiger partial charge in [0.1, 0.15) is 5.60 Å². The number of imidazole rings is 1. The number of hydrogen-bond donors (Lipinski definition) is 2. The number of rotatable bonds is 7. The first kappa shape index (κ1) is 27.6. The minimum atomic E-state index is -2.68. The number of carbonyl (C=O) groups excluding carboxylic acids is 2. The third-order valence-corrected chi connectivity index (χ3v) is 8.10. The molecule has 0 aromatic carbocycles. The van der Waals surface area contributed by atoms with Gasteiger partial charge in [-0.25, -0.2) is 27.9 Å². The molecule has 3 amide bonds. The Morgan fingerprint density at radius 1 is 1.18 bits per heavy atom. The maximum Gasteiger partial charge on any atom is 0.408 e. The predicted octanol–water partition coefficient (Wildman–Crippen LogP) is 5.62. The van der Waals surface area contributed by atoms with Crippen LogP contribution in [0.3, 0.4) is 0 Å². The number of alkyl carbamates (subject to hydrolysis) is 1. The van der Waals surface area contributed by atoms with Crippen LogP contribution in [0.5, 0.6) is 0 Å². The predicted molar refractivity (Wildman–Crippen MR) is 141 cm³/mol. The maximum atomic E-state index is 13.9. The highest BCUT2D eigenvalue weighted by Gasteiger charge is 2.44. The van der Waals surface area contributed by atoms with Gasteiger partial charge in [0.15, 0.2) is 5.65 Å². The van der Waals surface area contributed by atoms with Crippen molar-refractivity contribution in [2.75, 3.05) is 6.54 Å². The number of aromatic nitrogens is 3. The number of carbonyl (C=O) groups is 2. The van der Waals surface area contributed by atoms with Crippen molar-refractivity contribution in [3.8, 4) is 0 Å². The Bertz CT molecular complexity index is 1210. The molecule has 3 heterocycles. The summed E-state index contributed by atoms with van der Waals surface area (Å²) in [5.74, 6) is -2.17. The number of ether oxygens (including phenoxy) is 1. The second-order valence-corrected chi connectivity index (χ2v) is 12.8. The number of nitrogens with zero attached hydrogens (tertiary/aromatic N) is 4. The summed E-state index contributed by atoms with van der Waals surface area (Å²) in [5.41, 5.74) is 1.38. The van der Waals surface area contributed by atoms with Crippen molar-refractivity contribution < 1.29 is 23.1 Å². The number of alkyl halides is 2. The van der Waals surface area contributed by atoms with Gasteiger partial charge >= 0.3 is 12.1 Å². The molecule has 9 nitrogen and oxygen atoms in total. The number of nitrogens with one attached hydrogen (secondary N) is 2. The van der Waals surface area contributed by atoms with Crippen LogP contribution >= 0.6 is 0 Å². The highest BCUT2D eigenvalue weighted by atomic mass is 19.3. The van der Waals surface area contributed by atoms with E-state index in [-0.39, 0.29) is 49.7 Å². The molecule has 0 spiro atoms. The molecule has 2 aliphatic carbocycles. The Morgan fingerprint density at radius 2 is 1.87 bits per heavy atom. The normalized spacial score (nSPS) is 23.6. The fourth-order valence-electron chi connectivity index (χ4n) is 5.80. The molecule has 3 aliphatic rings. The Labute approximate surface area is 228 Å². The van der Waals surface area contributed by atoms with E-state index in [4.69, 9.17) is 9.72 Å². The van der Waals surface area contributed by atoms with Crippen molar-refractivity contribution in [2.45, 2.75) is 103 Å². The van der Waals surface area contributed by atoms with Gasteiger partial charge in [0.25, 0.3) is 0 Å². The minimum absolute atomic E-state index is 0.0507. The van der Waals surface area contributed by atoms with Crippen molar-refractivity contribution in [1.82, 2.24) is 30.1 Å². The number of hydrogen-bond acceptors (Lipinski definition) is 5. The lowest BCUT2D eigenvalue weighted by atomic mass is 9.81. The molecule has 2 saturated carbocycles. The summed E-state index contributed by atoms with van der Waals surface area (Å²) in [7, 11) is 0. The SMILES string of the molecule is CC(C)[C@@H]1CN([C@@H](c2cnn3cc([C@@H](NC(=O)OC(C)(C)C)C4CCC(F)(F)CC4)nc3c2)C2CC2)C(=O)N1. The van der Waals surface area contributed by atoms with E-state index in [1.165, 1.54) is 0 Å². The Morgan fingerprint density at radius 3 is 2.46 bits per heavy atom. The standard InChI is InChI=1S/C28H40F2N6O3/c1-16(2)20-14-35(25(37)33-20)24(18-6-7-18)19-12-22-32-21(15-36(22)31-13-19)23(34-26(38)39-27(3,4)5)17-8-10-28(29,30)11-9-17/h12-13,15-18,20,23-24H,6-11,14H2,1-5H3,(H,33,37)(H,34,38)/t20-,23-,24+/m0/s1. The summed E-state index contributed by atoms with van der Waals surface area (Å²) in [6.45, 7) is 10.2. The van der Waals surface area contributed by atoms with E-state index in [1.807, 2.05) is 11.0 Å². The maximum absolute atomic E-state index is 13.9. The van der Waals surface area contributed by atoms with Crippen LogP contribution in [-0.2, 0) is 4.74 Å². The van der Waals surface area contributed by atoms with Crippen LogP contribution in [0.25, 0.3) is 5.65 Å². The number of halogens is 2. The van der Waals surface area contributed by atoms with E-state index in [1.54, 1.807) is 37.7 Å². The zero-order valence-corrected chi connectivity index (χ0v) is 23.4. The van der Waals surface area contributed by atoms with Crippen molar-refractivity contribution >= 4 is 17.8 Å². The molecule has 214 valence electrons. The first-order chi connectivity index (χ1) is 18.3. The van der Waals surface area contributed by atoms with E-state index in [0.717, 1.165) is 18.4 Å². The fourth-order valence-corrected chi connectivity index (χ4v) is 5.80. The highest BCUT2D eigenvalue weighted by molar-refractivity contribution is 5.77. The molecule has 1 aliphatic heterocycles. The van der Waals surface area contributed by atoms with Gasteiger partial charge < -0.3 is 20.3 Å². The van der Waals surface area contributed by atoms with Gasteiger partial charge in [0.05, 0.1) is 36.2 Å². The Kier molecular flexibility index (Phi) is 7.22. The van der Waals surface area contributed by atoms with Crippen LogP contribution in [0.15, 0.2) is 18.5 Å². The summed E-state index contributed by atoms with van der Waals surface area (Å²) in [6.07, 6.45) is 5.13. The molecular weight excluding hydrogens is 506 g/mol. The molecular formula is C28H40F2N6O3. The van der Waals surface area contributed by atoms with Gasteiger partial charge in [0.2, 0.25) is 5.92 Å². The summed E-state index contributed by atoms with van der Waals surface area (Å²) in [5, 5.41) is 10.6. The van der Waals surface area contributed by atoms with E-state index in [0.29, 0.717) is 29.7 Å². The van der Waals surface area contributed by atoms with Gasteiger partial charge in [-0.1, -0.05) is 13.8 Å². The number of amides is 3. The zero-order chi connectivity index (χ0) is 28.1. The molecule has 2 aromatic heterocycles. The smallest absolute Gasteiger partial charge is 0.408 e. The largest absolute Gasteiger partial charge is 0.444 e. The minimum Gasteiger partial charge on any atom is -0.444 e. The van der Waals surface area contributed by atoms with Crippen molar-refractivity contribution in [3.63, 3.8) is 0 Å². The van der Waals surface area contributed by atoms with Crippen molar-refractivity contribution in [1.29, 1.82) is 0 Å². The van der Waals surface area contributed by atoms with E-state index in [9.17, 15) is 18.4 Å². The lowest BCUT2D eigenvalue weighted by Gasteiger charge is -2.33. The van der Waals surface area contributed by atoms with Crippen molar-refractivity contribution in [3.05, 3.63) is 29.7 Å². The molecule has 39 heavy (non-hydrogen) atoms. The van der Waals surface area contributed by atoms with E-state index < -0.39 is 23.7 Å². The monoisotopic (exact) mass is 546 g/mol. The van der Waals surface area contributed by atoms with Gasteiger partial charge in [-0.15, -0.1) is 0 Å². The van der Waals surface area contributed by atoms with Crippen LogP contribution in [0, 0.1) is 17.8 Å². The quantitative estimate of drug-likeness (QED) is 0.469. The van der Waals surface area contributed by atoms with Crippen LogP contribution in [0.2, 0.25) is 0 Å². The Balaban J connectivity index is 1.43. The Hall–Kier alpha value is -2.98. The van der Waals surface area contributed by atoms with Crippen LogP contribution < -0.4 is 10.6 Å². The summed E-state index contributed by atoms with van der Waals surface area (Å²) < 4.78 is 35.0. The van der Waals surface area contributed by atoms with E-state index >= 15 is 0 Å². The number of fused-ring (bicyclic) bond motifs is 1. The van der Waals surface area contributed by atoms with Gasteiger partial charge in [-0.05, 0) is 75.8 Å². The second-order valence-electron chi connectivity index (χ2n) is 12.8. The van der Waals surface area contributed by atoms with Crippen LogP contribution in [-0.4, -0.2) is 55.7 Å². The first-order valence-corrected chi connectivity index (χ1v) is 14.1. The molecule has 2 N–H and O–H groups in total. The molecule has 11 heteroatoms. The molecule has 2 aromatic rings. The molecule has 5 rings (SSSR count). The third-order valence-electron chi connectivity index (χ3n) is 8.10. The van der Waals surface area contributed by atoms with Gasteiger partial charge in [0, 0.05) is 19.4 Å². The summed E-state index contributed by atoms with van der Waals surface area (Å²) in [4.78, 5) is 32.3. The van der Waals surface area contributed by atoms with Crippen LogP contribution in [0.1, 0.15) is 96.5 Å². The molecule has 0 bridgehead atoms. The highest BCUT2D eigenvalue weighted by Crippen LogP contribution is 2.46. The first-order valence-electron chi connectivity index (χ1n) is 14.1. The molecule has 3 fully saturated rings. The molecule has 0 radical (unpaired) electrons. The lowest BCUT2D eigenvalue weighted by molar-refractivity contribution is -0.0500. The average Bonchev–Trinajstić information content (AvgIpc) is 3.45. The van der Waals surface area contributed by atoms with Crippen molar-refractivity contribution in [2.24, 2.45) is 17.8 Å². The van der Waals surface area contributed by atoms with Crippen LogP contribution in [0.4, 0.5) is 18.4 Å². The third kappa shape index (κ3) is 6.27. The molecule has 3 atom stereocenters. The van der Waals surface area contributed by atoms with Gasteiger partial charge in [-0.3, -0.25) is 0 Å². The molecule has 0 unspecified atom stereocenters. The average molecular weight is 547 g/mol. The molecule has 1 saturated heterocycles. The van der Waals surface area contributed by atoms with Gasteiger partial charge in [-0.2, -0.15) is 5.10 Å². The number of urea groups is 1. The summed E-state index contributed by atoms with van der Waals surface area (Å²) >= 11 is 0. The fraction of sp³-hybridized carbons (Fsp3) is 0.714. The second kappa shape index (κ2) is 10.2. The zero-order valence-electron chi connectivity index (χ0n) is 23.4. The summed E-state index contributed by atoms with van der Waals surface area (Å²) in [6, 6.07) is 1.34. The lowest BCUT2D eigenvalue weighted by Crippen LogP contribution is -2.40. The van der Waals surface area contributed by atoms with E-state index in [2.05, 4.69) is 29.6 Å². The topological polar surface area (TPSA) is 101 Å².